The summed E-state index contributed by atoms with van der Waals surface area (Å²) in [5.74, 6) is -0.549. The van der Waals surface area contributed by atoms with Gasteiger partial charge >= 0.3 is 19.8 Å². The van der Waals surface area contributed by atoms with Crippen LogP contribution in [0.15, 0.2) is 63.0 Å². The van der Waals surface area contributed by atoms with E-state index in [1.807, 2.05) is 4.98 Å². The zero-order chi connectivity index (χ0) is 27.6. The van der Waals surface area contributed by atoms with Gasteiger partial charge in [-0.3, -0.25) is 18.9 Å². The SMILES string of the molecule is COC(=O)[C@H](C)/N=[P+](/[O-])Oc1c(OC[C@H]2OC(n3ccc(=O)[nH]c3=O)[C@](C)(F)[C@@H]2O)ccc2ccccc12. The Hall–Kier alpha value is -3.64. The first kappa shape index (κ1) is 27.4. The molecule has 0 radical (unpaired) electrons. The quantitative estimate of drug-likeness (QED) is 0.313. The molecule has 2 unspecified atom stereocenters. The van der Waals surface area contributed by atoms with Gasteiger partial charge in [0.05, 0.1) is 7.11 Å². The van der Waals surface area contributed by atoms with E-state index in [0.29, 0.717) is 5.39 Å². The number of H-pyrrole nitrogens is 1. The van der Waals surface area contributed by atoms with Gasteiger partial charge in [0.25, 0.3) is 5.56 Å². The first-order valence-electron chi connectivity index (χ1n) is 11.4. The summed E-state index contributed by atoms with van der Waals surface area (Å²) in [6.45, 7) is 2.09. The van der Waals surface area contributed by atoms with E-state index in [9.17, 15) is 24.4 Å². The number of aromatic amines is 1. The molecule has 12 nitrogen and oxygen atoms in total. The molecule has 38 heavy (non-hydrogen) atoms. The van der Waals surface area contributed by atoms with Gasteiger partial charge in [-0.05, 0) is 25.3 Å². The zero-order valence-corrected chi connectivity index (χ0v) is 21.5. The summed E-state index contributed by atoms with van der Waals surface area (Å²) >= 11 is 0. The van der Waals surface area contributed by atoms with Gasteiger partial charge in [-0.25, -0.2) is 14.0 Å². The number of carbonyl (C=O) groups excluding carboxylic acids is 1. The maximum absolute atomic E-state index is 15.5. The fourth-order valence-electron chi connectivity index (χ4n) is 4.03. The minimum atomic E-state index is -2.73. The van der Waals surface area contributed by atoms with Crippen LogP contribution in [0.3, 0.4) is 0 Å². The van der Waals surface area contributed by atoms with Crippen LogP contribution < -0.4 is 25.4 Å². The lowest BCUT2D eigenvalue weighted by Gasteiger charge is -2.24. The van der Waals surface area contributed by atoms with Gasteiger partial charge in [-0.15, -0.1) is 0 Å². The first-order chi connectivity index (χ1) is 18.0. The molecule has 14 heteroatoms. The fraction of sp³-hybridized carbons (Fsp3) is 0.375. The summed E-state index contributed by atoms with van der Waals surface area (Å²) in [5, 5.41) is 11.9. The van der Waals surface area contributed by atoms with E-state index < -0.39 is 55.5 Å². The van der Waals surface area contributed by atoms with Crippen molar-refractivity contribution in [3.05, 3.63) is 69.5 Å². The Morgan fingerprint density at radius 3 is 2.76 bits per heavy atom. The molecule has 2 heterocycles. The number of hydrogen-bond acceptors (Lipinski definition) is 10. The van der Waals surface area contributed by atoms with E-state index in [1.165, 1.54) is 20.1 Å². The molecule has 0 amide bonds. The number of methoxy groups -OCH3 is 1. The highest BCUT2D eigenvalue weighted by Gasteiger charge is 2.55. The number of aliphatic hydroxyl groups excluding tert-OH is 1. The van der Waals surface area contributed by atoms with E-state index in [0.717, 1.165) is 29.1 Å². The summed E-state index contributed by atoms with van der Waals surface area (Å²) in [7, 11) is -1.55. The molecule has 0 aliphatic carbocycles. The molecule has 202 valence electrons. The van der Waals surface area contributed by atoms with Crippen LogP contribution in [0.25, 0.3) is 10.8 Å². The molecular formula is C24H25FN3O9P. The van der Waals surface area contributed by atoms with Gasteiger partial charge in [-0.2, -0.15) is 0 Å². The van der Waals surface area contributed by atoms with Crippen molar-refractivity contribution >= 4 is 24.9 Å². The number of esters is 1. The minimum absolute atomic E-state index is 0.0499. The first-order valence-corrected chi connectivity index (χ1v) is 12.6. The van der Waals surface area contributed by atoms with Crippen LogP contribution in [-0.4, -0.2) is 58.3 Å². The molecular weight excluding hydrogens is 524 g/mol. The van der Waals surface area contributed by atoms with Crippen molar-refractivity contribution in [3.63, 3.8) is 0 Å². The summed E-state index contributed by atoms with van der Waals surface area (Å²) < 4.78 is 41.8. The Morgan fingerprint density at radius 1 is 1.32 bits per heavy atom. The van der Waals surface area contributed by atoms with Crippen molar-refractivity contribution in [1.82, 2.24) is 9.55 Å². The predicted molar refractivity (Wildman–Crippen MR) is 132 cm³/mol. The van der Waals surface area contributed by atoms with Crippen LogP contribution in [0.5, 0.6) is 11.5 Å². The number of halogens is 1. The van der Waals surface area contributed by atoms with Gasteiger partial charge in [0, 0.05) is 17.6 Å². The maximum atomic E-state index is 15.5. The number of fused-ring (bicyclic) bond motifs is 1. The van der Waals surface area contributed by atoms with Crippen LogP contribution in [0.4, 0.5) is 4.39 Å². The third kappa shape index (κ3) is 5.46. The number of carbonyl (C=O) groups is 1. The number of rotatable bonds is 8. The number of alkyl halides is 1. The van der Waals surface area contributed by atoms with Gasteiger partial charge in [-0.1, -0.05) is 35.1 Å². The lowest BCUT2D eigenvalue weighted by molar-refractivity contribution is -0.169. The highest BCUT2D eigenvalue weighted by molar-refractivity contribution is 7.34. The third-order valence-corrected chi connectivity index (χ3v) is 6.92. The summed E-state index contributed by atoms with van der Waals surface area (Å²) in [5.41, 5.74) is -3.98. The second-order valence-electron chi connectivity index (χ2n) is 8.71. The van der Waals surface area contributed by atoms with Crippen LogP contribution in [0, 0.1) is 0 Å². The molecule has 1 aliphatic heterocycles. The van der Waals surface area contributed by atoms with Crippen molar-refractivity contribution < 1.29 is 37.9 Å². The van der Waals surface area contributed by atoms with Crippen molar-refractivity contribution in [2.45, 2.75) is 44.0 Å². The number of hydrogen-bond donors (Lipinski definition) is 2. The van der Waals surface area contributed by atoms with Gasteiger partial charge in [0.2, 0.25) is 5.75 Å². The molecule has 1 aromatic heterocycles. The molecule has 2 N–H and O–H groups in total. The fourth-order valence-corrected chi connectivity index (χ4v) is 4.79. The summed E-state index contributed by atoms with van der Waals surface area (Å²) in [6, 6.07) is 10.2. The average Bonchev–Trinajstić information content (AvgIpc) is 3.11. The van der Waals surface area contributed by atoms with Crippen molar-refractivity contribution in [2.24, 2.45) is 4.74 Å². The highest BCUT2D eigenvalue weighted by Crippen LogP contribution is 2.43. The molecule has 1 fully saturated rings. The molecule has 2 aromatic carbocycles. The van der Waals surface area contributed by atoms with Gasteiger partial charge in [0.15, 0.2) is 23.7 Å². The lowest BCUT2D eigenvalue weighted by atomic mass is 9.98. The number of ether oxygens (including phenoxy) is 3. The van der Waals surface area contributed by atoms with E-state index in [2.05, 4.69) is 9.48 Å². The third-order valence-electron chi connectivity index (χ3n) is 6.05. The number of aromatic nitrogens is 2. The Balaban J connectivity index is 1.60. The standard InChI is InChI=1S/C24H25FN3O9P/c1-13(21(31)34-3)27-38(33)37-19-15-7-5-4-6-14(15)8-9-16(19)35-12-17-20(30)24(2,25)22(36-17)28-11-10-18(29)26-23(28)32/h4-11,13,17,20,22,30H,12H2,1-3H3,(H,26,29,32)/t13-,17+,20+,22?,24+/m0/s1. The number of nitrogens with zero attached hydrogens (tertiary/aromatic N) is 2. The maximum Gasteiger partial charge on any atom is 0.395 e. The van der Waals surface area contributed by atoms with Crippen LogP contribution >= 0.6 is 8.17 Å². The topological polar surface area (TPSA) is 164 Å². The monoisotopic (exact) mass is 549 g/mol. The van der Waals surface area contributed by atoms with E-state index in [4.69, 9.17) is 14.0 Å². The molecule has 6 atom stereocenters. The number of nitrogens with one attached hydrogen (secondary N) is 1. The molecule has 0 bridgehead atoms. The Labute approximate surface area is 216 Å². The van der Waals surface area contributed by atoms with Gasteiger partial charge in [0.1, 0.15) is 18.8 Å². The van der Waals surface area contributed by atoms with E-state index in [1.54, 1.807) is 30.3 Å². The number of benzene rings is 2. The van der Waals surface area contributed by atoms with E-state index >= 15 is 4.39 Å². The Kier molecular flexibility index (Phi) is 7.93. The minimum Gasteiger partial charge on any atom is -0.575 e. The molecule has 0 saturated carbocycles. The summed E-state index contributed by atoms with van der Waals surface area (Å²) in [6.07, 6.45) is -3.41. The molecule has 0 spiro atoms. The van der Waals surface area contributed by atoms with Crippen molar-refractivity contribution in [1.29, 1.82) is 0 Å². The highest BCUT2D eigenvalue weighted by atomic mass is 31.1. The van der Waals surface area contributed by atoms with Crippen LogP contribution in [-0.2, 0) is 14.3 Å². The summed E-state index contributed by atoms with van der Waals surface area (Å²) in [4.78, 5) is 49.8. The Morgan fingerprint density at radius 2 is 2.05 bits per heavy atom. The smallest absolute Gasteiger partial charge is 0.395 e. The lowest BCUT2D eigenvalue weighted by Crippen LogP contribution is -2.43. The van der Waals surface area contributed by atoms with Crippen LogP contribution in [0.1, 0.15) is 20.1 Å². The predicted octanol–water partition coefficient (Wildman–Crippen LogP) is 1.55. The molecule has 1 saturated heterocycles. The molecule has 1 aliphatic rings. The van der Waals surface area contributed by atoms with Crippen molar-refractivity contribution in [2.75, 3.05) is 13.7 Å². The van der Waals surface area contributed by atoms with Crippen LogP contribution in [0.2, 0.25) is 0 Å². The molecule has 4 rings (SSSR count). The molecule has 3 aromatic rings. The normalized spacial score (nSPS) is 24.3. The largest absolute Gasteiger partial charge is 0.575 e. The second kappa shape index (κ2) is 11.0. The second-order valence-corrected chi connectivity index (χ2v) is 9.60. The zero-order valence-electron chi connectivity index (χ0n) is 20.6. The van der Waals surface area contributed by atoms with Crippen molar-refractivity contribution in [3.8, 4) is 11.5 Å². The Bertz CT molecular complexity index is 1490. The number of aliphatic hydroxyl groups is 1. The van der Waals surface area contributed by atoms with E-state index in [-0.39, 0.29) is 18.1 Å². The average molecular weight is 549 g/mol. The van der Waals surface area contributed by atoms with Gasteiger partial charge < -0.3 is 24.2 Å².